The van der Waals surface area contributed by atoms with Gasteiger partial charge < -0.3 is 10.1 Å². The highest BCUT2D eigenvalue weighted by atomic mass is 35.5. The molecular formula is C17H18ClNO. The van der Waals surface area contributed by atoms with Crippen molar-refractivity contribution < 1.29 is 4.74 Å². The third-order valence-electron chi connectivity index (χ3n) is 3.85. The molecule has 0 saturated heterocycles. The average molecular weight is 288 g/mol. The first-order valence-corrected chi connectivity index (χ1v) is 7.33. The number of methoxy groups -OCH3 is 1. The molecule has 1 atom stereocenters. The molecule has 2 aromatic carbocycles. The van der Waals surface area contributed by atoms with E-state index >= 15 is 0 Å². The minimum Gasteiger partial charge on any atom is -0.497 e. The van der Waals surface area contributed by atoms with E-state index in [0.29, 0.717) is 6.04 Å². The van der Waals surface area contributed by atoms with Crippen LogP contribution in [-0.4, -0.2) is 7.11 Å². The maximum absolute atomic E-state index is 5.93. The van der Waals surface area contributed by atoms with Crippen LogP contribution in [-0.2, 0) is 6.42 Å². The van der Waals surface area contributed by atoms with Crippen LogP contribution in [0.15, 0.2) is 42.5 Å². The average Bonchev–Trinajstić information content (AvgIpc) is 2.49. The van der Waals surface area contributed by atoms with Gasteiger partial charge in [0.2, 0.25) is 0 Å². The summed E-state index contributed by atoms with van der Waals surface area (Å²) in [6.45, 7) is 0. The van der Waals surface area contributed by atoms with Crippen LogP contribution in [0.1, 0.15) is 30.0 Å². The Morgan fingerprint density at radius 3 is 2.70 bits per heavy atom. The highest BCUT2D eigenvalue weighted by Crippen LogP contribution is 2.34. The van der Waals surface area contributed by atoms with Crippen molar-refractivity contribution in [2.45, 2.75) is 25.3 Å². The summed E-state index contributed by atoms with van der Waals surface area (Å²) in [5.41, 5.74) is 3.88. The number of rotatable bonds is 3. The monoisotopic (exact) mass is 287 g/mol. The number of benzene rings is 2. The molecule has 104 valence electrons. The molecule has 1 aliphatic carbocycles. The van der Waals surface area contributed by atoms with Gasteiger partial charge >= 0.3 is 0 Å². The van der Waals surface area contributed by atoms with Crippen LogP contribution in [0.25, 0.3) is 0 Å². The first kappa shape index (κ1) is 13.3. The summed E-state index contributed by atoms with van der Waals surface area (Å²) < 4.78 is 5.35. The fourth-order valence-electron chi connectivity index (χ4n) is 2.80. The minimum atomic E-state index is 0.343. The number of halogens is 1. The molecular weight excluding hydrogens is 270 g/mol. The van der Waals surface area contributed by atoms with E-state index in [1.165, 1.54) is 17.5 Å². The summed E-state index contributed by atoms with van der Waals surface area (Å²) in [7, 11) is 1.71. The molecule has 0 heterocycles. The molecule has 3 rings (SSSR count). The Hall–Kier alpha value is -1.67. The van der Waals surface area contributed by atoms with Gasteiger partial charge in [-0.25, -0.2) is 0 Å². The topological polar surface area (TPSA) is 21.3 Å². The molecule has 1 N–H and O–H groups in total. The zero-order valence-corrected chi connectivity index (χ0v) is 12.3. The molecule has 1 aliphatic rings. The summed E-state index contributed by atoms with van der Waals surface area (Å²) >= 11 is 5.93. The zero-order chi connectivity index (χ0) is 13.9. The summed E-state index contributed by atoms with van der Waals surface area (Å²) in [5, 5.41) is 4.37. The van der Waals surface area contributed by atoms with Gasteiger partial charge in [-0.05, 0) is 66.8 Å². The predicted octanol–water partition coefficient (Wildman–Crippen LogP) is 4.84. The smallest absolute Gasteiger partial charge is 0.119 e. The Labute approximate surface area is 124 Å². The second-order valence-corrected chi connectivity index (χ2v) is 5.60. The highest BCUT2D eigenvalue weighted by Gasteiger charge is 2.20. The van der Waals surface area contributed by atoms with Gasteiger partial charge in [-0.2, -0.15) is 0 Å². The number of hydrogen-bond acceptors (Lipinski definition) is 2. The summed E-state index contributed by atoms with van der Waals surface area (Å²) in [6.07, 6.45) is 3.51. The number of anilines is 1. The Morgan fingerprint density at radius 2 is 1.95 bits per heavy atom. The van der Waals surface area contributed by atoms with Crippen LogP contribution in [0, 0.1) is 0 Å². The minimum absolute atomic E-state index is 0.343. The van der Waals surface area contributed by atoms with Crippen molar-refractivity contribution in [3.05, 3.63) is 58.6 Å². The lowest BCUT2D eigenvalue weighted by molar-refractivity contribution is 0.413. The molecule has 1 unspecified atom stereocenters. The molecule has 0 spiro atoms. The van der Waals surface area contributed by atoms with E-state index in [1.54, 1.807) is 7.11 Å². The Bertz CT molecular complexity index is 594. The van der Waals surface area contributed by atoms with Crippen molar-refractivity contribution in [2.24, 2.45) is 0 Å². The Kier molecular flexibility index (Phi) is 3.83. The van der Waals surface area contributed by atoms with E-state index in [0.717, 1.165) is 29.3 Å². The van der Waals surface area contributed by atoms with Crippen molar-refractivity contribution in [1.29, 1.82) is 0 Å². The molecule has 20 heavy (non-hydrogen) atoms. The molecule has 0 aromatic heterocycles. The van der Waals surface area contributed by atoms with Crippen molar-refractivity contribution >= 4 is 17.3 Å². The van der Waals surface area contributed by atoms with Crippen LogP contribution in [0.2, 0.25) is 5.02 Å². The van der Waals surface area contributed by atoms with Crippen LogP contribution < -0.4 is 10.1 Å². The van der Waals surface area contributed by atoms with Gasteiger partial charge in [-0.1, -0.05) is 17.7 Å². The van der Waals surface area contributed by atoms with E-state index in [2.05, 4.69) is 17.4 Å². The lowest BCUT2D eigenvalue weighted by atomic mass is 9.87. The Balaban J connectivity index is 1.87. The van der Waals surface area contributed by atoms with E-state index in [4.69, 9.17) is 16.3 Å². The van der Waals surface area contributed by atoms with Crippen molar-refractivity contribution in [1.82, 2.24) is 0 Å². The number of hydrogen-bond donors (Lipinski definition) is 1. The third-order valence-corrected chi connectivity index (χ3v) is 4.10. The largest absolute Gasteiger partial charge is 0.497 e. The second kappa shape index (κ2) is 5.76. The quantitative estimate of drug-likeness (QED) is 0.872. The van der Waals surface area contributed by atoms with Crippen molar-refractivity contribution in [3.63, 3.8) is 0 Å². The highest BCUT2D eigenvalue weighted by molar-refractivity contribution is 6.30. The molecule has 0 fully saturated rings. The van der Waals surface area contributed by atoms with Gasteiger partial charge in [0.25, 0.3) is 0 Å². The molecule has 0 amide bonds. The SMILES string of the molecule is COc1ccc2c(c1)C(Nc1ccc(Cl)cc1)CCC2. The van der Waals surface area contributed by atoms with Gasteiger partial charge in [0, 0.05) is 10.7 Å². The lowest BCUT2D eigenvalue weighted by Gasteiger charge is -2.27. The van der Waals surface area contributed by atoms with Gasteiger partial charge in [0.05, 0.1) is 13.2 Å². The molecule has 0 aliphatic heterocycles. The van der Waals surface area contributed by atoms with Gasteiger partial charge in [0.1, 0.15) is 5.75 Å². The lowest BCUT2D eigenvalue weighted by Crippen LogP contribution is -2.17. The van der Waals surface area contributed by atoms with Crippen LogP contribution >= 0.6 is 11.6 Å². The van der Waals surface area contributed by atoms with E-state index in [-0.39, 0.29) is 0 Å². The second-order valence-electron chi connectivity index (χ2n) is 5.16. The molecule has 0 saturated carbocycles. The van der Waals surface area contributed by atoms with Crippen LogP contribution in [0.5, 0.6) is 5.75 Å². The number of nitrogens with one attached hydrogen (secondary N) is 1. The first-order valence-electron chi connectivity index (χ1n) is 6.95. The number of aryl methyl sites for hydroxylation is 1. The van der Waals surface area contributed by atoms with E-state index in [9.17, 15) is 0 Å². The van der Waals surface area contributed by atoms with Gasteiger partial charge in [0.15, 0.2) is 0 Å². The molecule has 2 nitrogen and oxygen atoms in total. The maximum Gasteiger partial charge on any atom is 0.119 e. The summed E-state index contributed by atoms with van der Waals surface area (Å²) in [5.74, 6) is 0.925. The summed E-state index contributed by atoms with van der Waals surface area (Å²) in [6, 6.07) is 14.6. The van der Waals surface area contributed by atoms with Crippen LogP contribution in [0.3, 0.4) is 0 Å². The fourth-order valence-corrected chi connectivity index (χ4v) is 2.93. The predicted molar refractivity (Wildman–Crippen MR) is 83.7 cm³/mol. The normalized spacial score (nSPS) is 17.4. The van der Waals surface area contributed by atoms with E-state index < -0.39 is 0 Å². The van der Waals surface area contributed by atoms with E-state index in [1.807, 2.05) is 30.3 Å². The number of fused-ring (bicyclic) bond motifs is 1. The molecule has 3 heteroatoms. The molecule has 0 bridgehead atoms. The third kappa shape index (κ3) is 2.75. The fraction of sp³-hybridized carbons (Fsp3) is 0.294. The standard InChI is InChI=1S/C17H18ClNO/c1-20-15-10-5-12-3-2-4-17(16(12)11-15)19-14-8-6-13(18)7-9-14/h5-11,17,19H,2-4H2,1H3. The summed E-state index contributed by atoms with van der Waals surface area (Å²) in [4.78, 5) is 0. The van der Waals surface area contributed by atoms with Crippen molar-refractivity contribution in [2.75, 3.05) is 12.4 Å². The van der Waals surface area contributed by atoms with Gasteiger partial charge in [-0.15, -0.1) is 0 Å². The molecule has 2 aromatic rings. The zero-order valence-electron chi connectivity index (χ0n) is 11.5. The number of ether oxygens (including phenoxy) is 1. The van der Waals surface area contributed by atoms with Crippen molar-refractivity contribution in [3.8, 4) is 5.75 Å². The first-order chi connectivity index (χ1) is 9.76. The molecule has 0 radical (unpaired) electrons. The van der Waals surface area contributed by atoms with Crippen LogP contribution in [0.4, 0.5) is 5.69 Å². The Morgan fingerprint density at radius 1 is 1.15 bits per heavy atom. The van der Waals surface area contributed by atoms with Gasteiger partial charge in [-0.3, -0.25) is 0 Å². The maximum atomic E-state index is 5.93.